The summed E-state index contributed by atoms with van der Waals surface area (Å²) in [5.74, 6) is 0.0678. The standard InChI is InChI=1S/C21H29N5O4/c1-30-21(29)26-12-10-24(11-13-26)18-5-4-16(20(28)25-8-6-22-7-9-25)14-17(18)23-19(27)15-2-3-15/h4-5,14-15,22H,2-3,6-13H2,1H3,(H,23,27). The molecular formula is C21H29N5O4. The van der Waals surface area contributed by atoms with Gasteiger partial charge in [0, 0.05) is 63.8 Å². The van der Waals surface area contributed by atoms with Gasteiger partial charge in [-0.2, -0.15) is 0 Å². The third-order valence-corrected chi connectivity index (χ3v) is 5.91. The summed E-state index contributed by atoms with van der Waals surface area (Å²) in [7, 11) is 1.38. The lowest BCUT2D eigenvalue weighted by molar-refractivity contribution is -0.117. The molecule has 9 heteroatoms. The summed E-state index contributed by atoms with van der Waals surface area (Å²) in [6, 6.07) is 5.54. The van der Waals surface area contributed by atoms with Crippen LogP contribution in [0.3, 0.4) is 0 Å². The Hall–Kier alpha value is -2.81. The fraction of sp³-hybridized carbons (Fsp3) is 0.571. The largest absolute Gasteiger partial charge is 0.453 e. The van der Waals surface area contributed by atoms with Crippen molar-refractivity contribution in [3.05, 3.63) is 23.8 Å². The average Bonchev–Trinajstić information content (AvgIpc) is 3.64. The van der Waals surface area contributed by atoms with E-state index in [-0.39, 0.29) is 23.8 Å². The van der Waals surface area contributed by atoms with Gasteiger partial charge in [-0.25, -0.2) is 4.79 Å². The number of benzene rings is 1. The van der Waals surface area contributed by atoms with E-state index >= 15 is 0 Å². The van der Waals surface area contributed by atoms with Gasteiger partial charge in [-0.3, -0.25) is 9.59 Å². The molecule has 3 aliphatic rings. The Morgan fingerprint density at radius 1 is 1.00 bits per heavy atom. The number of piperazine rings is 2. The molecular weight excluding hydrogens is 386 g/mol. The van der Waals surface area contributed by atoms with E-state index in [0.717, 1.165) is 31.6 Å². The molecule has 4 rings (SSSR count). The highest BCUT2D eigenvalue weighted by Crippen LogP contribution is 2.34. The average molecular weight is 415 g/mol. The molecule has 3 fully saturated rings. The second-order valence-electron chi connectivity index (χ2n) is 7.98. The first-order chi connectivity index (χ1) is 14.6. The third-order valence-electron chi connectivity index (χ3n) is 5.91. The summed E-state index contributed by atoms with van der Waals surface area (Å²) in [4.78, 5) is 42.8. The molecule has 1 aromatic carbocycles. The van der Waals surface area contributed by atoms with E-state index in [1.54, 1.807) is 11.0 Å². The Morgan fingerprint density at radius 2 is 1.70 bits per heavy atom. The lowest BCUT2D eigenvalue weighted by Gasteiger charge is -2.36. The minimum Gasteiger partial charge on any atom is -0.453 e. The highest BCUT2D eigenvalue weighted by Gasteiger charge is 2.31. The van der Waals surface area contributed by atoms with Gasteiger partial charge < -0.3 is 30.1 Å². The van der Waals surface area contributed by atoms with Crippen LogP contribution in [-0.4, -0.2) is 87.2 Å². The molecule has 9 nitrogen and oxygen atoms in total. The minimum absolute atomic E-state index is 0.0104. The number of nitrogens with one attached hydrogen (secondary N) is 2. The maximum absolute atomic E-state index is 12.9. The van der Waals surface area contributed by atoms with Crippen molar-refractivity contribution in [2.45, 2.75) is 12.8 Å². The van der Waals surface area contributed by atoms with Crippen LogP contribution >= 0.6 is 0 Å². The molecule has 0 aromatic heterocycles. The van der Waals surface area contributed by atoms with Crippen LogP contribution in [0.15, 0.2) is 18.2 Å². The molecule has 1 aromatic rings. The van der Waals surface area contributed by atoms with Crippen molar-refractivity contribution < 1.29 is 19.1 Å². The second-order valence-corrected chi connectivity index (χ2v) is 7.98. The van der Waals surface area contributed by atoms with E-state index in [1.165, 1.54) is 7.11 Å². The Kier molecular flexibility index (Phi) is 6.08. The molecule has 0 radical (unpaired) electrons. The smallest absolute Gasteiger partial charge is 0.409 e. The summed E-state index contributed by atoms with van der Waals surface area (Å²) < 4.78 is 4.80. The van der Waals surface area contributed by atoms with E-state index in [2.05, 4.69) is 15.5 Å². The van der Waals surface area contributed by atoms with Gasteiger partial charge in [-0.05, 0) is 31.0 Å². The van der Waals surface area contributed by atoms with Crippen LogP contribution in [0.25, 0.3) is 0 Å². The number of hydrogen-bond acceptors (Lipinski definition) is 6. The number of carbonyl (C=O) groups is 3. The molecule has 0 spiro atoms. The van der Waals surface area contributed by atoms with Crippen LogP contribution < -0.4 is 15.5 Å². The Morgan fingerprint density at radius 3 is 2.33 bits per heavy atom. The fourth-order valence-corrected chi connectivity index (χ4v) is 3.93. The number of anilines is 2. The molecule has 1 aliphatic carbocycles. The molecule has 2 aliphatic heterocycles. The van der Waals surface area contributed by atoms with E-state index in [4.69, 9.17) is 4.74 Å². The molecule has 0 atom stereocenters. The summed E-state index contributed by atoms with van der Waals surface area (Å²) in [5, 5.41) is 6.30. The number of methoxy groups -OCH3 is 1. The van der Waals surface area contributed by atoms with Gasteiger partial charge in [0.15, 0.2) is 0 Å². The lowest BCUT2D eigenvalue weighted by atomic mass is 10.1. The Balaban J connectivity index is 1.54. The van der Waals surface area contributed by atoms with Crippen molar-refractivity contribution in [2.75, 3.05) is 69.7 Å². The molecule has 162 valence electrons. The van der Waals surface area contributed by atoms with Crippen molar-refractivity contribution in [1.82, 2.24) is 15.1 Å². The summed E-state index contributed by atoms with van der Waals surface area (Å²) in [6.07, 6.45) is 1.50. The zero-order chi connectivity index (χ0) is 21.1. The monoisotopic (exact) mass is 415 g/mol. The highest BCUT2D eigenvalue weighted by atomic mass is 16.5. The normalized spacial score (nSPS) is 19.4. The van der Waals surface area contributed by atoms with Crippen LogP contribution in [0.1, 0.15) is 23.2 Å². The summed E-state index contributed by atoms with van der Waals surface area (Å²) >= 11 is 0. The van der Waals surface area contributed by atoms with Crippen molar-refractivity contribution in [3.63, 3.8) is 0 Å². The molecule has 30 heavy (non-hydrogen) atoms. The Labute approximate surface area is 176 Å². The van der Waals surface area contributed by atoms with Crippen LogP contribution in [0, 0.1) is 5.92 Å². The minimum atomic E-state index is -0.325. The molecule has 2 saturated heterocycles. The van der Waals surface area contributed by atoms with Gasteiger partial charge in [0.05, 0.1) is 18.5 Å². The third kappa shape index (κ3) is 4.51. The van der Waals surface area contributed by atoms with E-state index in [1.807, 2.05) is 17.0 Å². The van der Waals surface area contributed by atoms with Crippen LogP contribution in [0.4, 0.5) is 16.2 Å². The van der Waals surface area contributed by atoms with E-state index in [0.29, 0.717) is 50.5 Å². The number of ether oxygens (including phenoxy) is 1. The first-order valence-electron chi connectivity index (χ1n) is 10.6. The van der Waals surface area contributed by atoms with Gasteiger partial charge in [0.25, 0.3) is 5.91 Å². The van der Waals surface area contributed by atoms with Gasteiger partial charge in [-0.1, -0.05) is 0 Å². The molecule has 2 N–H and O–H groups in total. The first kappa shape index (κ1) is 20.5. The van der Waals surface area contributed by atoms with Gasteiger partial charge >= 0.3 is 6.09 Å². The van der Waals surface area contributed by atoms with Gasteiger partial charge in [0.1, 0.15) is 0 Å². The molecule has 0 bridgehead atoms. The molecule has 2 heterocycles. The lowest BCUT2D eigenvalue weighted by Crippen LogP contribution is -2.49. The van der Waals surface area contributed by atoms with E-state index < -0.39 is 0 Å². The Bertz CT molecular complexity index is 812. The summed E-state index contributed by atoms with van der Waals surface area (Å²) in [5.41, 5.74) is 2.13. The predicted molar refractivity (Wildman–Crippen MR) is 113 cm³/mol. The van der Waals surface area contributed by atoms with Crippen LogP contribution in [0.2, 0.25) is 0 Å². The van der Waals surface area contributed by atoms with Crippen molar-refractivity contribution in [3.8, 4) is 0 Å². The number of carbonyl (C=O) groups excluding carboxylic acids is 3. The number of nitrogens with zero attached hydrogens (tertiary/aromatic N) is 3. The number of rotatable bonds is 4. The zero-order valence-corrected chi connectivity index (χ0v) is 17.4. The maximum Gasteiger partial charge on any atom is 0.409 e. The van der Waals surface area contributed by atoms with E-state index in [9.17, 15) is 14.4 Å². The number of hydrogen-bond donors (Lipinski definition) is 2. The SMILES string of the molecule is COC(=O)N1CCN(c2ccc(C(=O)N3CCNCC3)cc2NC(=O)C2CC2)CC1. The molecule has 3 amide bonds. The predicted octanol–water partition coefficient (Wildman–Crippen LogP) is 0.969. The molecule has 1 saturated carbocycles. The second kappa shape index (κ2) is 8.91. The number of amides is 3. The quantitative estimate of drug-likeness (QED) is 0.761. The van der Waals surface area contributed by atoms with Crippen LogP contribution in [0.5, 0.6) is 0 Å². The fourth-order valence-electron chi connectivity index (χ4n) is 3.93. The van der Waals surface area contributed by atoms with Crippen LogP contribution in [-0.2, 0) is 9.53 Å². The first-order valence-corrected chi connectivity index (χ1v) is 10.6. The van der Waals surface area contributed by atoms with Gasteiger partial charge in [-0.15, -0.1) is 0 Å². The topological polar surface area (TPSA) is 94.2 Å². The maximum atomic E-state index is 12.9. The zero-order valence-electron chi connectivity index (χ0n) is 17.4. The summed E-state index contributed by atoms with van der Waals surface area (Å²) in [6.45, 7) is 5.30. The van der Waals surface area contributed by atoms with Crippen molar-refractivity contribution in [2.24, 2.45) is 5.92 Å². The van der Waals surface area contributed by atoms with Crippen molar-refractivity contribution >= 4 is 29.3 Å². The highest BCUT2D eigenvalue weighted by molar-refractivity contribution is 6.01. The molecule has 0 unspecified atom stereocenters. The van der Waals surface area contributed by atoms with Crippen molar-refractivity contribution in [1.29, 1.82) is 0 Å². The van der Waals surface area contributed by atoms with Gasteiger partial charge in [0.2, 0.25) is 5.91 Å².